The van der Waals surface area contributed by atoms with Gasteiger partial charge in [-0.15, -0.1) is 0 Å². The van der Waals surface area contributed by atoms with Gasteiger partial charge in [-0.2, -0.15) is 0 Å². The highest BCUT2D eigenvalue weighted by atomic mass is 16.6. The van der Waals surface area contributed by atoms with Gasteiger partial charge in [0.05, 0.1) is 18.2 Å². The van der Waals surface area contributed by atoms with Crippen molar-refractivity contribution in [1.82, 2.24) is 5.32 Å². The predicted octanol–water partition coefficient (Wildman–Crippen LogP) is 1.83. The van der Waals surface area contributed by atoms with Gasteiger partial charge in [-0.25, -0.2) is 0 Å². The number of nitrogens with zero attached hydrogens (tertiary/aromatic N) is 1. The Bertz CT molecular complexity index is 373. The zero-order valence-electron chi connectivity index (χ0n) is 10.1. The van der Waals surface area contributed by atoms with E-state index in [1.165, 1.54) is 6.07 Å². The minimum absolute atomic E-state index is 0.262. The molecule has 0 radical (unpaired) electrons. The van der Waals surface area contributed by atoms with Crippen molar-refractivity contribution in [3.8, 4) is 0 Å². The third-order valence-electron chi connectivity index (χ3n) is 2.42. The van der Waals surface area contributed by atoms with E-state index in [4.69, 9.17) is 4.42 Å². The monoisotopic (exact) mass is 242 g/mol. The summed E-state index contributed by atoms with van der Waals surface area (Å²) in [5.41, 5.74) is -0.757. The lowest BCUT2D eigenvalue weighted by Gasteiger charge is -2.22. The van der Waals surface area contributed by atoms with Crippen molar-refractivity contribution >= 4 is 5.88 Å². The topological polar surface area (TPSA) is 88.5 Å². The second-order valence-electron chi connectivity index (χ2n) is 4.35. The Hall–Kier alpha value is -1.40. The zero-order chi connectivity index (χ0) is 12.9. The van der Waals surface area contributed by atoms with Crippen LogP contribution in [0.2, 0.25) is 0 Å². The van der Waals surface area contributed by atoms with Crippen LogP contribution in [0.3, 0.4) is 0 Å². The molecule has 1 atom stereocenters. The van der Waals surface area contributed by atoms with E-state index in [2.05, 4.69) is 5.32 Å². The molecule has 0 saturated heterocycles. The molecule has 6 heteroatoms. The Labute approximate surface area is 99.8 Å². The maximum atomic E-state index is 10.4. The summed E-state index contributed by atoms with van der Waals surface area (Å²) in [6.45, 7) is 4.56. The fourth-order valence-electron chi connectivity index (χ4n) is 1.64. The smallest absolute Gasteiger partial charge is 0.404 e. The molecule has 0 aliphatic heterocycles. The maximum absolute atomic E-state index is 10.4. The lowest BCUT2D eigenvalue weighted by atomic mass is 10.0. The highest BCUT2D eigenvalue weighted by Gasteiger charge is 2.18. The van der Waals surface area contributed by atoms with Gasteiger partial charge in [0, 0.05) is 6.54 Å². The van der Waals surface area contributed by atoms with Crippen molar-refractivity contribution in [3.05, 3.63) is 28.0 Å². The number of hydrogen-bond acceptors (Lipinski definition) is 5. The molecule has 0 amide bonds. The van der Waals surface area contributed by atoms with Gasteiger partial charge < -0.3 is 14.8 Å². The van der Waals surface area contributed by atoms with E-state index >= 15 is 0 Å². The first-order valence-corrected chi connectivity index (χ1v) is 5.61. The molecule has 1 aromatic heterocycles. The lowest BCUT2D eigenvalue weighted by molar-refractivity contribution is -0.402. The quantitative estimate of drug-likeness (QED) is 0.562. The van der Waals surface area contributed by atoms with Crippen LogP contribution in [-0.4, -0.2) is 22.2 Å². The summed E-state index contributed by atoms with van der Waals surface area (Å²) < 4.78 is 4.98. The predicted molar refractivity (Wildman–Crippen MR) is 62.6 cm³/mol. The molecular formula is C11H18N2O4. The normalized spacial score (nSPS) is 14.5. The first-order chi connectivity index (χ1) is 7.94. The molecule has 0 spiro atoms. The average molecular weight is 242 g/mol. The summed E-state index contributed by atoms with van der Waals surface area (Å²) >= 11 is 0. The molecule has 0 saturated carbocycles. The SMILES string of the molecule is CCCC(C)(O)CNCc1ccc([N+](=O)[O-])o1. The minimum Gasteiger partial charge on any atom is -0.404 e. The summed E-state index contributed by atoms with van der Waals surface area (Å²) in [5.74, 6) is 0.228. The fraction of sp³-hybridized carbons (Fsp3) is 0.636. The molecule has 2 N–H and O–H groups in total. The van der Waals surface area contributed by atoms with E-state index < -0.39 is 10.5 Å². The molecule has 1 unspecified atom stereocenters. The van der Waals surface area contributed by atoms with Crippen molar-refractivity contribution in [2.75, 3.05) is 6.54 Å². The number of aliphatic hydroxyl groups is 1. The third kappa shape index (κ3) is 4.54. The molecule has 1 heterocycles. The Morgan fingerprint density at radius 3 is 2.82 bits per heavy atom. The summed E-state index contributed by atoms with van der Waals surface area (Å²) in [5, 5.41) is 23.3. The van der Waals surface area contributed by atoms with Crippen molar-refractivity contribution in [2.24, 2.45) is 0 Å². The molecule has 17 heavy (non-hydrogen) atoms. The van der Waals surface area contributed by atoms with E-state index in [9.17, 15) is 15.2 Å². The molecule has 0 fully saturated rings. The summed E-state index contributed by atoms with van der Waals surface area (Å²) in [6.07, 6.45) is 1.61. The standard InChI is InChI=1S/C11H18N2O4/c1-3-6-11(2,14)8-12-7-9-4-5-10(17-9)13(15)16/h4-5,12,14H,3,6-8H2,1-2H3. The van der Waals surface area contributed by atoms with E-state index in [-0.39, 0.29) is 5.88 Å². The van der Waals surface area contributed by atoms with E-state index in [1.807, 2.05) is 6.92 Å². The van der Waals surface area contributed by atoms with Crippen LogP contribution in [0.15, 0.2) is 16.5 Å². The molecular weight excluding hydrogens is 224 g/mol. The van der Waals surface area contributed by atoms with Gasteiger partial charge in [0.15, 0.2) is 0 Å². The van der Waals surface area contributed by atoms with E-state index in [0.29, 0.717) is 25.3 Å². The van der Waals surface area contributed by atoms with E-state index in [0.717, 1.165) is 6.42 Å². The highest BCUT2D eigenvalue weighted by Crippen LogP contribution is 2.16. The molecule has 0 aliphatic carbocycles. The number of nitrogens with one attached hydrogen (secondary N) is 1. The van der Waals surface area contributed by atoms with Gasteiger partial charge in [0.25, 0.3) is 0 Å². The Morgan fingerprint density at radius 1 is 1.59 bits per heavy atom. The first-order valence-electron chi connectivity index (χ1n) is 5.61. The van der Waals surface area contributed by atoms with Gasteiger partial charge in [-0.05, 0) is 19.4 Å². The maximum Gasteiger partial charge on any atom is 0.433 e. The largest absolute Gasteiger partial charge is 0.433 e. The van der Waals surface area contributed by atoms with Gasteiger partial charge >= 0.3 is 5.88 Å². The second kappa shape index (κ2) is 5.79. The van der Waals surface area contributed by atoms with Crippen LogP contribution in [0.1, 0.15) is 32.4 Å². The van der Waals surface area contributed by atoms with Crippen molar-refractivity contribution in [2.45, 2.75) is 38.8 Å². The zero-order valence-corrected chi connectivity index (χ0v) is 10.1. The highest BCUT2D eigenvalue weighted by molar-refractivity contribution is 5.17. The first kappa shape index (κ1) is 13.7. The lowest BCUT2D eigenvalue weighted by Crippen LogP contribution is -2.37. The van der Waals surface area contributed by atoms with Crippen molar-refractivity contribution in [3.63, 3.8) is 0 Å². The Morgan fingerprint density at radius 2 is 2.29 bits per heavy atom. The number of nitro groups is 1. The van der Waals surface area contributed by atoms with Crippen LogP contribution in [0, 0.1) is 10.1 Å². The molecule has 96 valence electrons. The van der Waals surface area contributed by atoms with Crippen LogP contribution in [0.5, 0.6) is 0 Å². The average Bonchev–Trinajstić information content (AvgIpc) is 2.66. The molecule has 6 nitrogen and oxygen atoms in total. The Kier molecular flexibility index (Phi) is 4.65. The molecule has 0 aromatic carbocycles. The van der Waals surface area contributed by atoms with Crippen LogP contribution in [0.4, 0.5) is 5.88 Å². The van der Waals surface area contributed by atoms with Gasteiger partial charge in [-0.1, -0.05) is 13.3 Å². The number of furan rings is 1. The van der Waals surface area contributed by atoms with E-state index in [1.54, 1.807) is 13.0 Å². The fourth-order valence-corrected chi connectivity index (χ4v) is 1.64. The molecule has 0 bridgehead atoms. The summed E-state index contributed by atoms with van der Waals surface area (Å²) in [7, 11) is 0. The van der Waals surface area contributed by atoms with Crippen LogP contribution >= 0.6 is 0 Å². The Balaban J connectivity index is 2.38. The van der Waals surface area contributed by atoms with Crippen LogP contribution in [-0.2, 0) is 6.54 Å². The number of hydrogen-bond donors (Lipinski definition) is 2. The number of rotatable bonds is 7. The van der Waals surface area contributed by atoms with Crippen molar-refractivity contribution in [1.29, 1.82) is 0 Å². The van der Waals surface area contributed by atoms with Gasteiger partial charge in [-0.3, -0.25) is 10.1 Å². The van der Waals surface area contributed by atoms with Gasteiger partial charge in [0.2, 0.25) is 0 Å². The molecule has 1 aromatic rings. The van der Waals surface area contributed by atoms with Gasteiger partial charge in [0.1, 0.15) is 10.7 Å². The van der Waals surface area contributed by atoms with Crippen molar-refractivity contribution < 1.29 is 14.4 Å². The van der Waals surface area contributed by atoms with Crippen LogP contribution in [0.25, 0.3) is 0 Å². The van der Waals surface area contributed by atoms with Crippen LogP contribution < -0.4 is 5.32 Å². The second-order valence-corrected chi connectivity index (χ2v) is 4.35. The minimum atomic E-state index is -0.757. The molecule has 0 aliphatic rings. The summed E-state index contributed by atoms with van der Waals surface area (Å²) in [4.78, 5) is 9.81. The summed E-state index contributed by atoms with van der Waals surface area (Å²) in [6, 6.07) is 2.88. The third-order valence-corrected chi connectivity index (χ3v) is 2.42. The molecule has 1 rings (SSSR count).